The van der Waals surface area contributed by atoms with E-state index in [2.05, 4.69) is 5.32 Å². The van der Waals surface area contributed by atoms with Crippen molar-refractivity contribution < 1.29 is 9.53 Å². The molecule has 3 rings (SSSR count). The van der Waals surface area contributed by atoms with Gasteiger partial charge in [0.25, 0.3) is 0 Å². The minimum absolute atomic E-state index is 0.0576. The third kappa shape index (κ3) is 3.01. The van der Waals surface area contributed by atoms with Gasteiger partial charge >= 0.3 is 0 Å². The summed E-state index contributed by atoms with van der Waals surface area (Å²) in [5.41, 5.74) is 0. The zero-order valence-corrected chi connectivity index (χ0v) is 12.6. The predicted molar refractivity (Wildman–Crippen MR) is 78.5 cm³/mol. The number of fused-ring (bicyclic) bond motifs is 1. The second-order valence-electron chi connectivity index (χ2n) is 6.74. The van der Waals surface area contributed by atoms with E-state index in [9.17, 15) is 4.79 Å². The largest absolute Gasteiger partial charge is 0.381 e. The standard InChI is InChI=1S/C16H28N2O2/c1-18(13-8-10-20-11-9-13)16(19)15-7-6-12-4-2-3-5-14(12)17-15/h12-15,17H,2-11H2,1H3. The summed E-state index contributed by atoms with van der Waals surface area (Å²) in [5.74, 6) is 1.13. The molecule has 1 saturated carbocycles. The lowest BCUT2D eigenvalue weighted by Crippen LogP contribution is -2.56. The van der Waals surface area contributed by atoms with Gasteiger partial charge in [0.1, 0.15) is 0 Å². The van der Waals surface area contributed by atoms with Crippen molar-refractivity contribution in [1.29, 1.82) is 0 Å². The first-order valence-electron chi connectivity index (χ1n) is 8.36. The first-order chi connectivity index (χ1) is 9.75. The first kappa shape index (κ1) is 14.3. The molecular formula is C16H28N2O2. The molecule has 0 bridgehead atoms. The minimum Gasteiger partial charge on any atom is -0.381 e. The van der Waals surface area contributed by atoms with Crippen molar-refractivity contribution in [2.45, 2.75) is 69.5 Å². The van der Waals surface area contributed by atoms with Gasteiger partial charge in [-0.1, -0.05) is 12.8 Å². The average molecular weight is 280 g/mol. The fraction of sp³-hybridized carbons (Fsp3) is 0.938. The third-order valence-corrected chi connectivity index (χ3v) is 5.53. The molecule has 3 unspecified atom stereocenters. The van der Waals surface area contributed by atoms with Crippen LogP contribution in [0, 0.1) is 5.92 Å². The summed E-state index contributed by atoms with van der Waals surface area (Å²) >= 11 is 0. The number of ether oxygens (including phenoxy) is 1. The molecular weight excluding hydrogens is 252 g/mol. The number of nitrogens with zero attached hydrogens (tertiary/aromatic N) is 1. The number of amides is 1. The van der Waals surface area contributed by atoms with E-state index in [0.717, 1.165) is 38.4 Å². The molecule has 0 aromatic heterocycles. The van der Waals surface area contributed by atoms with Gasteiger partial charge in [-0.2, -0.15) is 0 Å². The van der Waals surface area contributed by atoms with E-state index in [1.807, 2.05) is 11.9 Å². The Morgan fingerprint density at radius 1 is 1.05 bits per heavy atom. The Balaban J connectivity index is 1.56. The minimum atomic E-state index is 0.0576. The second kappa shape index (κ2) is 6.44. The molecule has 3 fully saturated rings. The van der Waals surface area contributed by atoms with Crippen molar-refractivity contribution in [3.8, 4) is 0 Å². The fourth-order valence-electron chi connectivity index (χ4n) is 4.19. The SMILES string of the molecule is CN(C(=O)C1CCC2CCCCC2N1)C1CCOCC1. The molecule has 0 aromatic rings. The van der Waals surface area contributed by atoms with Crippen LogP contribution in [0.15, 0.2) is 0 Å². The maximum Gasteiger partial charge on any atom is 0.239 e. The van der Waals surface area contributed by atoms with Crippen molar-refractivity contribution in [2.24, 2.45) is 5.92 Å². The average Bonchev–Trinajstić information content (AvgIpc) is 2.54. The summed E-state index contributed by atoms with van der Waals surface area (Å²) in [6.07, 6.45) is 9.55. The normalized spacial score (nSPS) is 35.4. The lowest BCUT2D eigenvalue weighted by atomic mass is 9.77. The highest BCUT2D eigenvalue weighted by Gasteiger charge is 2.36. The van der Waals surface area contributed by atoms with Gasteiger partial charge in [0.05, 0.1) is 6.04 Å². The van der Waals surface area contributed by atoms with E-state index < -0.39 is 0 Å². The molecule has 1 amide bonds. The number of piperidine rings is 1. The molecule has 2 saturated heterocycles. The van der Waals surface area contributed by atoms with Crippen LogP contribution >= 0.6 is 0 Å². The molecule has 2 aliphatic heterocycles. The van der Waals surface area contributed by atoms with Crippen molar-refractivity contribution >= 4 is 5.91 Å². The Hall–Kier alpha value is -0.610. The quantitative estimate of drug-likeness (QED) is 0.840. The summed E-state index contributed by atoms with van der Waals surface area (Å²) in [4.78, 5) is 14.7. The second-order valence-corrected chi connectivity index (χ2v) is 6.74. The molecule has 3 aliphatic rings. The van der Waals surface area contributed by atoms with Crippen LogP contribution in [-0.2, 0) is 9.53 Å². The van der Waals surface area contributed by atoms with Crippen molar-refractivity contribution in [3.05, 3.63) is 0 Å². The van der Waals surface area contributed by atoms with Crippen molar-refractivity contribution in [2.75, 3.05) is 20.3 Å². The monoisotopic (exact) mass is 280 g/mol. The summed E-state index contributed by atoms with van der Waals surface area (Å²) in [7, 11) is 1.98. The van der Waals surface area contributed by atoms with E-state index in [1.165, 1.54) is 32.1 Å². The predicted octanol–water partition coefficient (Wildman–Crippen LogP) is 1.93. The maximum atomic E-state index is 12.7. The molecule has 4 nitrogen and oxygen atoms in total. The maximum absolute atomic E-state index is 12.7. The smallest absolute Gasteiger partial charge is 0.239 e. The van der Waals surface area contributed by atoms with Gasteiger partial charge in [-0.25, -0.2) is 0 Å². The Morgan fingerprint density at radius 3 is 2.60 bits per heavy atom. The molecule has 0 aromatic carbocycles. The molecule has 2 heterocycles. The third-order valence-electron chi connectivity index (χ3n) is 5.53. The van der Waals surface area contributed by atoms with Crippen LogP contribution in [0.1, 0.15) is 51.4 Å². The van der Waals surface area contributed by atoms with Crippen LogP contribution in [0.5, 0.6) is 0 Å². The van der Waals surface area contributed by atoms with Crippen LogP contribution < -0.4 is 5.32 Å². The Morgan fingerprint density at radius 2 is 1.80 bits per heavy atom. The van der Waals surface area contributed by atoms with Crippen LogP contribution in [0.3, 0.4) is 0 Å². The highest BCUT2D eigenvalue weighted by Crippen LogP contribution is 2.32. The van der Waals surface area contributed by atoms with E-state index >= 15 is 0 Å². The molecule has 4 heteroatoms. The van der Waals surface area contributed by atoms with Crippen LogP contribution in [-0.4, -0.2) is 49.2 Å². The number of nitrogens with one attached hydrogen (secondary N) is 1. The highest BCUT2D eigenvalue weighted by molar-refractivity contribution is 5.82. The molecule has 0 spiro atoms. The molecule has 114 valence electrons. The molecule has 3 atom stereocenters. The van der Waals surface area contributed by atoms with Crippen molar-refractivity contribution in [1.82, 2.24) is 10.2 Å². The van der Waals surface area contributed by atoms with Crippen LogP contribution in [0.2, 0.25) is 0 Å². The van der Waals surface area contributed by atoms with Gasteiger partial charge < -0.3 is 15.0 Å². The van der Waals surface area contributed by atoms with Gasteiger partial charge in [-0.3, -0.25) is 4.79 Å². The summed E-state index contributed by atoms with van der Waals surface area (Å²) < 4.78 is 5.39. The summed E-state index contributed by atoms with van der Waals surface area (Å²) in [6.45, 7) is 1.59. The molecule has 0 radical (unpaired) electrons. The topological polar surface area (TPSA) is 41.6 Å². The number of hydrogen-bond donors (Lipinski definition) is 1. The Kier molecular flexibility index (Phi) is 4.61. The van der Waals surface area contributed by atoms with Crippen LogP contribution in [0.4, 0.5) is 0 Å². The number of hydrogen-bond acceptors (Lipinski definition) is 3. The number of carbonyl (C=O) groups is 1. The van der Waals surface area contributed by atoms with Gasteiger partial charge in [0.15, 0.2) is 0 Å². The van der Waals surface area contributed by atoms with Gasteiger partial charge in [0, 0.05) is 32.3 Å². The zero-order chi connectivity index (χ0) is 13.9. The summed E-state index contributed by atoms with van der Waals surface area (Å²) in [6, 6.07) is 1.03. The van der Waals surface area contributed by atoms with E-state index in [1.54, 1.807) is 0 Å². The molecule has 20 heavy (non-hydrogen) atoms. The van der Waals surface area contributed by atoms with Crippen LogP contribution in [0.25, 0.3) is 0 Å². The summed E-state index contributed by atoms with van der Waals surface area (Å²) in [5, 5.41) is 3.65. The van der Waals surface area contributed by atoms with E-state index in [0.29, 0.717) is 18.0 Å². The fourth-order valence-corrected chi connectivity index (χ4v) is 4.19. The molecule has 1 N–H and O–H groups in total. The van der Waals surface area contributed by atoms with E-state index in [4.69, 9.17) is 4.74 Å². The number of rotatable bonds is 2. The highest BCUT2D eigenvalue weighted by atomic mass is 16.5. The molecule has 1 aliphatic carbocycles. The number of likely N-dealkylation sites (N-methyl/N-ethyl adjacent to an activating group) is 1. The Labute approximate surface area is 122 Å². The first-order valence-corrected chi connectivity index (χ1v) is 8.36. The zero-order valence-electron chi connectivity index (χ0n) is 12.6. The van der Waals surface area contributed by atoms with E-state index in [-0.39, 0.29) is 6.04 Å². The van der Waals surface area contributed by atoms with Crippen molar-refractivity contribution in [3.63, 3.8) is 0 Å². The van der Waals surface area contributed by atoms with Gasteiger partial charge in [-0.05, 0) is 44.4 Å². The Bertz CT molecular complexity index is 341. The van der Waals surface area contributed by atoms with Gasteiger partial charge in [0.2, 0.25) is 5.91 Å². The lowest BCUT2D eigenvalue weighted by molar-refractivity contribution is -0.137. The number of carbonyl (C=O) groups excluding carboxylic acids is 1. The van der Waals surface area contributed by atoms with Gasteiger partial charge in [-0.15, -0.1) is 0 Å². The lowest BCUT2D eigenvalue weighted by Gasteiger charge is -2.42.